The van der Waals surface area contributed by atoms with Crippen molar-refractivity contribution in [2.45, 2.75) is 20.4 Å². The van der Waals surface area contributed by atoms with E-state index in [1.165, 1.54) is 0 Å². The van der Waals surface area contributed by atoms with Gasteiger partial charge in [0.15, 0.2) is 0 Å². The fourth-order valence-electron chi connectivity index (χ4n) is 1.61. The lowest BCUT2D eigenvalue weighted by atomic mass is 10.2. The highest BCUT2D eigenvalue weighted by atomic mass is 15.3. The number of hydrogen-bond acceptors (Lipinski definition) is 5. The van der Waals surface area contributed by atoms with Crippen molar-refractivity contribution in [1.29, 1.82) is 0 Å². The van der Waals surface area contributed by atoms with Gasteiger partial charge in [0.2, 0.25) is 5.95 Å². The second kappa shape index (κ2) is 5.00. The van der Waals surface area contributed by atoms with Gasteiger partial charge in [0.25, 0.3) is 0 Å². The fraction of sp³-hybridized carbons (Fsp3) is 0.308. The lowest BCUT2D eigenvalue weighted by Gasteiger charge is -2.18. The topological polar surface area (TPSA) is 67.9 Å². The molecular weight excluding hydrogens is 226 g/mol. The van der Waals surface area contributed by atoms with Crippen LogP contribution in [0.1, 0.15) is 17.0 Å². The summed E-state index contributed by atoms with van der Waals surface area (Å²) in [5.74, 6) is 0.612. The van der Waals surface area contributed by atoms with Crippen LogP contribution in [0.15, 0.2) is 24.3 Å². The molecule has 0 aliphatic carbocycles. The molecule has 2 rings (SSSR count). The third-order valence-corrected chi connectivity index (χ3v) is 2.88. The maximum Gasteiger partial charge on any atom is 0.245 e. The van der Waals surface area contributed by atoms with E-state index in [0.29, 0.717) is 12.5 Å². The summed E-state index contributed by atoms with van der Waals surface area (Å²) in [6, 6.07) is 7.79. The third kappa shape index (κ3) is 2.56. The van der Waals surface area contributed by atoms with Crippen LogP contribution < -0.4 is 10.6 Å². The van der Waals surface area contributed by atoms with Crippen molar-refractivity contribution in [1.82, 2.24) is 15.2 Å². The van der Waals surface area contributed by atoms with E-state index in [-0.39, 0.29) is 0 Å². The summed E-state index contributed by atoms with van der Waals surface area (Å²) in [5.41, 5.74) is 9.50. The molecule has 0 aliphatic heterocycles. The molecule has 0 aliphatic rings. The van der Waals surface area contributed by atoms with Crippen molar-refractivity contribution >= 4 is 11.6 Å². The molecule has 5 nitrogen and oxygen atoms in total. The SMILES string of the molecule is Cc1nnc(N(C)Cc2ccccc2N)nc1C. The number of nitrogens with zero attached hydrogens (tertiary/aromatic N) is 4. The van der Waals surface area contributed by atoms with Crippen molar-refractivity contribution in [2.75, 3.05) is 17.7 Å². The molecule has 1 heterocycles. The van der Waals surface area contributed by atoms with Gasteiger partial charge in [-0.05, 0) is 25.5 Å². The van der Waals surface area contributed by atoms with Gasteiger partial charge in [-0.15, -0.1) is 5.10 Å². The van der Waals surface area contributed by atoms with Crippen LogP contribution in [0.5, 0.6) is 0 Å². The predicted molar refractivity (Wildman–Crippen MR) is 72.3 cm³/mol. The van der Waals surface area contributed by atoms with Gasteiger partial charge < -0.3 is 10.6 Å². The standard InChI is InChI=1S/C13H17N5/c1-9-10(2)16-17-13(15-9)18(3)8-11-6-4-5-7-12(11)14/h4-7H,8,14H2,1-3H3. The van der Waals surface area contributed by atoms with Crippen LogP contribution in [0.4, 0.5) is 11.6 Å². The molecule has 18 heavy (non-hydrogen) atoms. The number of rotatable bonds is 3. The maximum absolute atomic E-state index is 5.92. The summed E-state index contributed by atoms with van der Waals surface area (Å²) in [6.45, 7) is 4.49. The van der Waals surface area contributed by atoms with Crippen LogP contribution in [-0.4, -0.2) is 22.2 Å². The maximum atomic E-state index is 5.92. The van der Waals surface area contributed by atoms with Gasteiger partial charge in [-0.1, -0.05) is 18.2 Å². The van der Waals surface area contributed by atoms with Crippen LogP contribution >= 0.6 is 0 Å². The Labute approximate surface area is 107 Å². The van der Waals surface area contributed by atoms with Gasteiger partial charge in [0.1, 0.15) is 0 Å². The molecule has 94 valence electrons. The highest BCUT2D eigenvalue weighted by Crippen LogP contribution is 2.15. The number of aromatic nitrogens is 3. The van der Waals surface area contributed by atoms with Crippen LogP contribution in [0.25, 0.3) is 0 Å². The first kappa shape index (κ1) is 12.3. The average Bonchev–Trinajstić information content (AvgIpc) is 2.35. The number of hydrogen-bond donors (Lipinski definition) is 1. The summed E-state index contributed by atoms with van der Waals surface area (Å²) >= 11 is 0. The van der Waals surface area contributed by atoms with E-state index < -0.39 is 0 Å². The van der Waals surface area contributed by atoms with E-state index in [1.54, 1.807) is 0 Å². The number of aryl methyl sites for hydroxylation is 2. The number of nitrogens with two attached hydrogens (primary N) is 1. The van der Waals surface area contributed by atoms with Gasteiger partial charge in [0, 0.05) is 19.3 Å². The molecule has 0 bridgehead atoms. The van der Waals surface area contributed by atoms with E-state index in [4.69, 9.17) is 5.73 Å². The summed E-state index contributed by atoms with van der Waals surface area (Å²) in [7, 11) is 1.93. The van der Waals surface area contributed by atoms with Crippen molar-refractivity contribution in [3.63, 3.8) is 0 Å². The molecule has 1 aromatic heterocycles. The van der Waals surface area contributed by atoms with Gasteiger partial charge in [0.05, 0.1) is 11.4 Å². The molecule has 2 aromatic rings. The molecule has 0 amide bonds. The minimum Gasteiger partial charge on any atom is -0.398 e. The quantitative estimate of drug-likeness (QED) is 0.831. The molecule has 0 spiro atoms. The zero-order chi connectivity index (χ0) is 13.1. The van der Waals surface area contributed by atoms with Crippen LogP contribution in [0, 0.1) is 13.8 Å². The molecule has 2 N–H and O–H groups in total. The predicted octanol–water partition coefficient (Wildman–Crippen LogP) is 1.71. The number of benzene rings is 1. The van der Waals surface area contributed by atoms with Gasteiger partial charge in [-0.2, -0.15) is 5.10 Å². The Morgan fingerprint density at radius 1 is 1.11 bits per heavy atom. The molecular formula is C13H17N5. The van der Waals surface area contributed by atoms with Crippen molar-refractivity contribution in [3.8, 4) is 0 Å². The van der Waals surface area contributed by atoms with Gasteiger partial charge in [-0.25, -0.2) is 4.98 Å². The van der Waals surface area contributed by atoms with Gasteiger partial charge in [-0.3, -0.25) is 0 Å². The molecule has 0 atom stereocenters. The van der Waals surface area contributed by atoms with Crippen molar-refractivity contribution in [3.05, 3.63) is 41.2 Å². The first-order valence-electron chi connectivity index (χ1n) is 5.80. The molecule has 0 unspecified atom stereocenters. The number of nitrogen functional groups attached to an aromatic ring is 1. The highest BCUT2D eigenvalue weighted by Gasteiger charge is 2.09. The summed E-state index contributed by atoms with van der Waals surface area (Å²) in [4.78, 5) is 6.35. The molecule has 1 aromatic carbocycles. The van der Waals surface area contributed by atoms with E-state index in [1.807, 2.05) is 50.1 Å². The molecule has 0 saturated carbocycles. The van der Waals surface area contributed by atoms with Crippen molar-refractivity contribution in [2.24, 2.45) is 0 Å². The number of anilines is 2. The fourth-order valence-corrected chi connectivity index (χ4v) is 1.61. The summed E-state index contributed by atoms with van der Waals surface area (Å²) in [5, 5.41) is 8.17. The second-order valence-electron chi connectivity index (χ2n) is 4.34. The second-order valence-corrected chi connectivity index (χ2v) is 4.34. The zero-order valence-electron chi connectivity index (χ0n) is 10.9. The van der Waals surface area contributed by atoms with Gasteiger partial charge >= 0.3 is 0 Å². The van der Waals surface area contributed by atoms with E-state index in [0.717, 1.165) is 22.6 Å². The molecule has 0 fully saturated rings. The van der Waals surface area contributed by atoms with E-state index >= 15 is 0 Å². The Morgan fingerprint density at radius 3 is 2.50 bits per heavy atom. The first-order chi connectivity index (χ1) is 8.58. The monoisotopic (exact) mass is 243 g/mol. The molecule has 0 radical (unpaired) electrons. The lowest BCUT2D eigenvalue weighted by Crippen LogP contribution is -2.21. The minimum atomic E-state index is 0.612. The van der Waals surface area contributed by atoms with Crippen LogP contribution in [-0.2, 0) is 6.54 Å². The Hall–Kier alpha value is -2.17. The van der Waals surface area contributed by atoms with Crippen molar-refractivity contribution < 1.29 is 0 Å². The Morgan fingerprint density at radius 2 is 1.83 bits per heavy atom. The Balaban J connectivity index is 2.19. The zero-order valence-corrected chi connectivity index (χ0v) is 10.9. The molecule has 0 saturated heterocycles. The first-order valence-corrected chi connectivity index (χ1v) is 5.80. The highest BCUT2D eigenvalue weighted by molar-refractivity contribution is 5.48. The number of para-hydroxylation sites is 1. The Bertz CT molecular complexity index is 553. The minimum absolute atomic E-state index is 0.612. The summed E-state index contributed by atoms with van der Waals surface area (Å²) in [6.07, 6.45) is 0. The lowest BCUT2D eigenvalue weighted by molar-refractivity contribution is 0.805. The summed E-state index contributed by atoms with van der Waals surface area (Å²) < 4.78 is 0. The average molecular weight is 243 g/mol. The molecule has 5 heteroatoms. The normalized spacial score (nSPS) is 10.4. The van der Waals surface area contributed by atoms with Crippen LogP contribution in [0.3, 0.4) is 0 Å². The van der Waals surface area contributed by atoms with E-state index in [2.05, 4.69) is 15.2 Å². The smallest absolute Gasteiger partial charge is 0.245 e. The Kier molecular flexibility index (Phi) is 3.41. The van der Waals surface area contributed by atoms with E-state index in [9.17, 15) is 0 Å². The third-order valence-electron chi connectivity index (χ3n) is 2.88. The van der Waals surface area contributed by atoms with Crippen LogP contribution in [0.2, 0.25) is 0 Å². The largest absolute Gasteiger partial charge is 0.398 e.